The lowest BCUT2D eigenvalue weighted by Gasteiger charge is -2.61. The molecular formula is C32H58N2O4S. The van der Waals surface area contributed by atoms with Gasteiger partial charge in [-0.2, -0.15) is 8.42 Å². The second-order valence-electron chi connectivity index (χ2n) is 14.6. The van der Waals surface area contributed by atoms with E-state index in [0.717, 1.165) is 61.9 Å². The maximum atomic E-state index is 12.6. The van der Waals surface area contributed by atoms with E-state index in [9.17, 15) is 13.2 Å². The van der Waals surface area contributed by atoms with E-state index in [1.54, 1.807) is 0 Å². The lowest BCUT2D eigenvalue weighted by atomic mass is 9.44. The number of fused-ring (bicyclic) bond motifs is 5. The van der Waals surface area contributed by atoms with Gasteiger partial charge in [-0.1, -0.05) is 33.6 Å². The van der Waals surface area contributed by atoms with Gasteiger partial charge in [0.05, 0.1) is 5.75 Å². The van der Waals surface area contributed by atoms with Gasteiger partial charge in [0.2, 0.25) is 5.91 Å². The number of hydrogen-bond acceptors (Lipinski definition) is 4. The molecule has 4 rings (SSSR count). The van der Waals surface area contributed by atoms with Gasteiger partial charge in [-0.3, -0.25) is 9.35 Å². The van der Waals surface area contributed by atoms with Crippen LogP contribution in [0, 0.1) is 46.3 Å². The predicted molar refractivity (Wildman–Crippen MR) is 159 cm³/mol. The van der Waals surface area contributed by atoms with Gasteiger partial charge in [-0.25, -0.2) is 0 Å². The van der Waals surface area contributed by atoms with Crippen LogP contribution in [0.15, 0.2) is 0 Å². The molecule has 0 radical (unpaired) electrons. The van der Waals surface area contributed by atoms with Crippen molar-refractivity contribution in [1.82, 2.24) is 10.2 Å². The molecule has 8 atom stereocenters. The first-order chi connectivity index (χ1) is 18.4. The second kappa shape index (κ2) is 13.1. The lowest BCUT2D eigenvalue weighted by molar-refractivity contribution is -0.122. The van der Waals surface area contributed by atoms with Crippen molar-refractivity contribution in [1.29, 1.82) is 0 Å². The molecule has 1 amide bonds. The molecule has 4 unspecified atom stereocenters. The third-order valence-corrected chi connectivity index (χ3v) is 13.2. The number of hydrogen-bond donors (Lipinski definition) is 2. The van der Waals surface area contributed by atoms with E-state index in [1.165, 1.54) is 64.2 Å². The molecule has 0 bridgehead atoms. The molecule has 4 aliphatic rings. The standard InChI is InChI=1S/C32H58N2O4S/c1-24(11-16-30(35)33-20-9-22-34(4)21-7-8-23-39(36,37)38)27-14-15-28-26-13-12-25-10-5-6-18-31(25,2)29(26)17-19-32(27,28)3/h24-29H,5-23H2,1-4H3,(H,33,35)(H,36,37,38)/t24-,25?,26?,27-,28?,29?,31+,32-/m1/s1. The Bertz CT molecular complexity index is 925. The SMILES string of the molecule is C[C@H](CCC(=O)NCCCN(C)CCCCS(=O)(=O)O)[C@H]1CCC2C3CCC4CCCC[C@]4(C)C3CC[C@@]21C. The Balaban J connectivity index is 1.16. The molecule has 4 saturated carbocycles. The number of carbonyl (C=O) groups is 1. The van der Waals surface area contributed by atoms with Crippen LogP contribution in [-0.2, 0) is 14.9 Å². The minimum absolute atomic E-state index is 0.170. The molecule has 0 aromatic heterocycles. The minimum Gasteiger partial charge on any atom is -0.356 e. The molecule has 39 heavy (non-hydrogen) atoms. The fourth-order valence-corrected chi connectivity index (χ4v) is 10.8. The number of rotatable bonds is 13. The molecule has 4 aliphatic carbocycles. The van der Waals surface area contributed by atoms with E-state index >= 15 is 0 Å². The van der Waals surface area contributed by atoms with E-state index < -0.39 is 10.1 Å². The van der Waals surface area contributed by atoms with Gasteiger partial charge in [0.25, 0.3) is 10.1 Å². The summed E-state index contributed by atoms with van der Waals surface area (Å²) in [5.41, 5.74) is 1.09. The van der Waals surface area contributed by atoms with Crippen LogP contribution < -0.4 is 5.32 Å². The van der Waals surface area contributed by atoms with Crippen molar-refractivity contribution in [3.63, 3.8) is 0 Å². The largest absolute Gasteiger partial charge is 0.356 e. The van der Waals surface area contributed by atoms with Gasteiger partial charge in [0.15, 0.2) is 0 Å². The van der Waals surface area contributed by atoms with Crippen molar-refractivity contribution in [2.75, 3.05) is 32.4 Å². The smallest absolute Gasteiger partial charge is 0.264 e. The van der Waals surface area contributed by atoms with Crippen molar-refractivity contribution in [2.24, 2.45) is 46.3 Å². The zero-order valence-electron chi connectivity index (χ0n) is 25.4. The molecule has 7 heteroatoms. The van der Waals surface area contributed by atoms with Crippen LogP contribution in [0.4, 0.5) is 0 Å². The third-order valence-electron chi connectivity index (χ3n) is 12.4. The maximum Gasteiger partial charge on any atom is 0.264 e. The molecule has 0 aromatic carbocycles. The minimum atomic E-state index is -3.86. The van der Waals surface area contributed by atoms with Crippen LogP contribution in [0.2, 0.25) is 0 Å². The second-order valence-corrected chi connectivity index (χ2v) is 16.2. The van der Waals surface area contributed by atoms with Crippen LogP contribution in [-0.4, -0.2) is 56.2 Å². The summed E-state index contributed by atoms with van der Waals surface area (Å²) >= 11 is 0. The Morgan fingerprint density at radius 3 is 2.46 bits per heavy atom. The van der Waals surface area contributed by atoms with Crippen LogP contribution in [0.25, 0.3) is 0 Å². The first kappa shape index (κ1) is 31.3. The van der Waals surface area contributed by atoms with Crippen LogP contribution >= 0.6 is 0 Å². The molecule has 6 nitrogen and oxygen atoms in total. The fourth-order valence-electron chi connectivity index (χ4n) is 10.3. The summed E-state index contributed by atoms with van der Waals surface area (Å²) in [4.78, 5) is 14.8. The third kappa shape index (κ3) is 7.41. The van der Waals surface area contributed by atoms with Gasteiger partial charge in [-0.05, 0) is 144 Å². The lowest BCUT2D eigenvalue weighted by Crippen LogP contribution is -2.53. The first-order valence-electron chi connectivity index (χ1n) is 16.3. The average molecular weight is 567 g/mol. The van der Waals surface area contributed by atoms with Gasteiger partial charge < -0.3 is 10.2 Å². The maximum absolute atomic E-state index is 12.6. The number of unbranched alkanes of at least 4 members (excludes halogenated alkanes) is 1. The van der Waals surface area contributed by atoms with Crippen molar-refractivity contribution in [3.8, 4) is 0 Å². The molecule has 0 aromatic rings. The average Bonchev–Trinajstić information content (AvgIpc) is 3.24. The van der Waals surface area contributed by atoms with Crippen LogP contribution in [0.1, 0.15) is 117 Å². The first-order valence-corrected chi connectivity index (χ1v) is 18.0. The van der Waals surface area contributed by atoms with Gasteiger partial charge in [0, 0.05) is 13.0 Å². The number of nitrogens with zero attached hydrogens (tertiary/aromatic N) is 1. The monoisotopic (exact) mass is 566 g/mol. The number of carbonyl (C=O) groups excluding carboxylic acids is 1. The molecular weight excluding hydrogens is 508 g/mol. The highest BCUT2D eigenvalue weighted by Crippen LogP contribution is 2.68. The van der Waals surface area contributed by atoms with Gasteiger partial charge in [-0.15, -0.1) is 0 Å². The fraction of sp³-hybridized carbons (Fsp3) is 0.969. The van der Waals surface area contributed by atoms with Crippen molar-refractivity contribution < 1.29 is 17.8 Å². The van der Waals surface area contributed by atoms with Gasteiger partial charge in [0.1, 0.15) is 0 Å². The summed E-state index contributed by atoms with van der Waals surface area (Å²) in [6.45, 7) is 10.1. The molecule has 0 aliphatic heterocycles. The Hall–Kier alpha value is -0.660. The van der Waals surface area contributed by atoms with E-state index in [1.807, 2.05) is 7.05 Å². The summed E-state index contributed by atoms with van der Waals surface area (Å²) in [7, 11) is -1.84. The van der Waals surface area contributed by atoms with E-state index in [-0.39, 0.29) is 11.7 Å². The molecule has 226 valence electrons. The van der Waals surface area contributed by atoms with Crippen molar-refractivity contribution in [3.05, 3.63) is 0 Å². The van der Waals surface area contributed by atoms with Crippen LogP contribution in [0.5, 0.6) is 0 Å². The Labute approximate surface area is 239 Å². The van der Waals surface area contributed by atoms with Crippen molar-refractivity contribution in [2.45, 2.75) is 117 Å². The summed E-state index contributed by atoms with van der Waals surface area (Å²) in [5.74, 6) is 5.20. The highest BCUT2D eigenvalue weighted by molar-refractivity contribution is 7.85. The zero-order valence-corrected chi connectivity index (χ0v) is 26.2. The topological polar surface area (TPSA) is 86.7 Å². The molecule has 0 saturated heterocycles. The Morgan fingerprint density at radius 2 is 1.69 bits per heavy atom. The normalized spacial score (nSPS) is 37.1. The van der Waals surface area contributed by atoms with Crippen molar-refractivity contribution >= 4 is 16.0 Å². The Kier molecular flexibility index (Phi) is 10.5. The Morgan fingerprint density at radius 1 is 0.949 bits per heavy atom. The zero-order chi connectivity index (χ0) is 28.3. The quantitative estimate of drug-likeness (QED) is 0.195. The summed E-state index contributed by atoms with van der Waals surface area (Å²) < 4.78 is 30.4. The van der Waals surface area contributed by atoms with E-state index in [0.29, 0.717) is 36.1 Å². The molecule has 0 heterocycles. The number of nitrogens with one attached hydrogen (secondary N) is 1. The highest BCUT2D eigenvalue weighted by Gasteiger charge is 2.60. The van der Waals surface area contributed by atoms with E-state index in [4.69, 9.17) is 4.55 Å². The predicted octanol–water partition coefficient (Wildman–Crippen LogP) is 6.56. The molecule has 4 fully saturated rings. The van der Waals surface area contributed by atoms with Gasteiger partial charge >= 0.3 is 0 Å². The summed E-state index contributed by atoms with van der Waals surface area (Å²) in [6.07, 6.45) is 18.2. The number of amides is 1. The summed E-state index contributed by atoms with van der Waals surface area (Å²) in [5, 5.41) is 3.13. The summed E-state index contributed by atoms with van der Waals surface area (Å²) in [6, 6.07) is 0. The molecule has 0 spiro atoms. The highest BCUT2D eigenvalue weighted by atomic mass is 32.2. The molecule has 2 N–H and O–H groups in total. The van der Waals surface area contributed by atoms with Crippen LogP contribution in [0.3, 0.4) is 0 Å². The van der Waals surface area contributed by atoms with E-state index in [2.05, 4.69) is 31.0 Å².